The largest absolute Gasteiger partial charge is 0.454 e. The lowest BCUT2D eigenvalue weighted by atomic mass is 10.0. The molecule has 2 N–H and O–H groups in total. The molecule has 2 aliphatic heterocycles. The first-order chi connectivity index (χ1) is 13.7. The second-order valence-corrected chi connectivity index (χ2v) is 7.19. The highest BCUT2D eigenvalue weighted by Crippen LogP contribution is 2.32. The van der Waals surface area contributed by atoms with Crippen molar-refractivity contribution in [1.29, 1.82) is 0 Å². The van der Waals surface area contributed by atoms with Gasteiger partial charge in [0, 0.05) is 32.2 Å². The van der Waals surface area contributed by atoms with Gasteiger partial charge in [-0.25, -0.2) is 9.18 Å². The zero-order valence-electron chi connectivity index (χ0n) is 15.6. The van der Waals surface area contributed by atoms with E-state index in [2.05, 4.69) is 15.5 Å². The van der Waals surface area contributed by atoms with E-state index >= 15 is 0 Å². The van der Waals surface area contributed by atoms with Crippen LogP contribution in [0, 0.1) is 5.82 Å². The molecule has 0 unspecified atom stereocenters. The zero-order valence-corrected chi connectivity index (χ0v) is 15.6. The van der Waals surface area contributed by atoms with Gasteiger partial charge in [-0.05, 0) is 48.2 Å². The van der Waals surface area contributed by atoms with E-state index in [4.69, 9.17) is 9.47 Å². The summed E-state index contributed by atoms with van der Waals surface area (Å²) < 4.78 is 23.6. The molecule has 0 aromatic heterocycles. The number of piperidine rings is 1. The molecule has 2 aromatic carbocycles. The number of carbonyl (C=O) groups is 1. The standard InChI is InChI=1S/C21H24FN3O3/c22-17-4-1-15(2-5-17)13-25-9-7-18(8-10-25)24-21(26)23-12-16-3-6-19-20(11-16)28-14-27-19/h1-6,11,18H,7-10,12-14H2,(H2,23,24,26). The van der Waals surface area contributed by atoms with Crippen molar-refractivity contribution in [2.75, 3.05) is 19.9 Å². The van der Waals surface area contributed by atoms with Crippen LogP contribution in [0.2, 0.25) is 0 Å². The average Bonchev–Trinajstić information content (AvgIpc) is 3.17. The predicted molar refractivity (Wildman–Crippen MR) is 103 cm³/mol. The summed E-state index contributed by atoms with van der Waals surface area (Å²) in [6, 6.07) is 12.3. The maximum absolute atomic E-state index is 13.0. The quantitative estimate of drug-likeness (QED) is 0.831. The van der Waals surface area contributed by atoms with Gasteiger partial charge >= 0.3 is 6.03 Å². The number of ether oxygens (including phenoxy) is 2. The Labute approximate surface area is 163 Å². The number of fused-ring (bicyclic) bond motifs is 1. The number of carbonyl (C=O) groups excluding carboxylic acids is 1. The lowest BCUT2D eigenvalue weighted by Crippen LogP contribution is -2.47. The van der Waals surface area contributed by atoms with Gasteiger partial charge in [-0.1, -0.05) is 18.2 Å². The number of benzene rings is 2. The van der Waals surface area contributed by atoms with Crippen molar-refractivity contribution in [3.05, 3.63) is 59.4 Å². The summed E-state index contributed by atoms with van der Waals surface area (Å²) in [5.74, 6) is 1.24. The van der Waals surface area contributed by atoms with Crippen LogP contribution in [0.15, 0.2) is 42.5 Å². The van der Waals surface area contributed by atoms with Crippen molar-refractivity contribution in [1.82, 2.24) is 15.5 Å². The van der Waals surface area contributed by atoms with E-state index in [0.29, 0.717) is 12.3 Å². The van der Waals surface area contributed by atoms with Crippen molar-refractivity contribution in [2.24, 2.45) is 0 Å². The molecule has 0 spiro atoms. The van der Waals surface area contributed by atoms with Gasteiger partial charge in [0.1, 0.15) is 5.82 Å². The first-order valence-corrected chi connectivity index (χ1v) is 9.55. The topological polar surface area (TPSA) is 62.8 Å². The first kappa shape index (κ1) is 18.6. The van der Waals surface area contributed by atoms with E-state index in [1.807, 2.05) is 30.3 Å². The van der Waals surface area contributed by atoms with E-state index in [1.54, 1.807) is 0 Å². The average molecular weight is 385 g/mol. The van der Waals surface area contributed by atoms with E-state index in [9.17, 15) is 9.18 Å². The molecule has 2 heterocycles. The highest BCUT2D eigenvalue weighted by Gasteiger charge is 2.21. The maximum Gasteiger partial charge on any atom is 0.315 e. The lowest BCUT2D eigenvalue weighted by molar-refractivity contribution is 0.174. The third-order valence-electron chi connectivity index (χ3n) is 5.13. The highest BCUT2D eigenvalue weighted by atomic mass is 19.1. The molecule has 2 aromatic rings. The Morgan fingerprint density at radius 3 is 2.54 bits per heavy atom. The molecule has 2 amide bonds. The van der Waals surface area contributed by atoms with Gasteiger partial charge in [-0.15, -0.1) is 0 Å². The number of nitrogens with zero attached hydrogens (tertiary/aromatic N) is 1. The van der Waals surface area contributed by atoms with Crippen molar-refractivity contribution in [3.63, 3.8) is 0 Å². The van der Waals surface area contributed by atoms with Crippen LogP contribution in [0.3, 0.4) is 0 Å². The number of rotatable bonds is 5. The maximum atomic E-state index is 13.0. The van der Waals surface area contributed by atoms with E-state index < -0.39 is 0 Å². The molecule has 28 heavy (non-hydrogen) atoms. The van der Waals surface area contributed by atoms with Crippen LogP contribution in [-0.4, -0.2) is 36.9 Å². The van der Waals surface area contributed by atoms with Crippen LogP contribution in [0.1, 0.15) is 24.0 Å². The number of amides is 2. The second-order valence-electron chi connectivity index (χ2n) is 7.19. The Kier molecular flexibility index (Phi) is 5.62. The van der Waals surface area contributed by atoms with Crippen molar-refractivity contribution in [3.8, 4) is 11.5 Å². The molecule has 148 valence electrons. The summed E-state index contributed by atoms with van der Waals surface area (Å²) in [6.45, 7) is 3.30. The minimum absolute atomic E-state index is 0.158. The molecule has 0 aliphatic carbocycles. The van der Waals surface area contributed by atoms with Crippen molar-refractivity contribution >= 4 is 6.03 Å². The van der Waals surface area contributed by atoms with Gasteiger partial charge < -0.3 is 20.1 Å². The third kappa shape index (κ3) is 4.72. The minimum Gasteiger partial charge on any atom is -0.454 e. The van der Waals surface area contributed by atoms with Crippen LogP contribution in [0.25, 0.3) is 0 Å². The van der Waals surface area contributed by atoms with Crippen LogP contribution in [-0.2, 0) is 13.1 Å². The first-order valence-electron chi connectivity index (χ1n) is 9.55. The Bertz CT molecular complexity index is 820. The third-order valence-corrected chi connectivity index (χ3v) is 5.13. The number of urea groups is 1. The van der Waals surface area contributed by atoms with Gasteiger partial charge in [-0.2, -0.15) is 0 Å². The second kappa shape index (κ2) is 8.48. The predicted octanol–water partition coefficient (Wildman–Crippen LogP) is 3.02. The Hall–Kier alpha value is -2.80. The van der Waals surface area contributed by atoms with Crippen LogP contribution >= 0.6 is 0 Å². The van der Waals surface area contributed by atoms with E-state index in [-0.39, 0.29) is 24.7 Å². The van der Waals surface area contributed by atoms with E-state index in [1.165, 1.54) is 12.1 Å². The minimum atomic E-state index is -0.210. The highest BCUT2D eigenvalue weighted by molar-refractivity contribution is 5.74. The number of hydrogen-bond acceptors (Lipinski definition) is 4. The van der Waals surface area contributed by atoms with Crippen LogP contribution in [0.4, 0.5) is 9.18 Å². The molecule has 0 saturated carbocycles. The zero-order chi connectivity index (χ0) is 19.3. The fourth-order valence-corrected chi connectivity index (χ4v) is 3.55. The monoisotopic (exact) mass is 385 g/mol. The van der Waals surface area contributed by atoms with Gasteiger partial charge in [0.05, 0.1) is 0 Å². The number of nitrogens with one attached hydrogen (secondary N) is 2. The molecule has 0 atom stereocenters. The molecule has 6 nitrogen and oxygen atoms in total. The number of hydrogen-bond donors (Lipinski definition) is 2. The Morgan fingerprint density at radius 2 is 1.75 bits per heavy atom. The summed E-state index contributed by atoms with van der Waals surface area (Å²) in [7, 11) is 0. The number of likely N-dealkylation sites (tertiary alicyclic amines) is 1. The molecular formula is C21H24FN3O3. The molecule has 0 radical (unpaired) electrons. The number of halogens is 1. The molecule has 7 heteroatoms. The smallest absolute Gasteiger partial charge is 0.315 e. The van der Waals surface area contributed by atoms with Gasteiger partial charge in [0.25, 0.3) is 0 Å². The lowest BCUT2D eigenvalue weighted by Gasteiger charge is -2.32. The van der Waals surface area contributed by atoms with Crippen molar-refractivity contribution in [2.45, 2.75) is 32.0 Å². The molecule has 1 fully saturated rings. The summed E-state index contributed by atoms with van der Waals surface area (Å²) in [4.78, 5) is 14.5. The van der Waals surface area contributed by atoms with Crippen LogP contribution < -0.4 is 20.1 Å². The Balaban J connectivity index is 1.18. The van der Waals surface area contributed by atoms with Gasteiger partial charge in [-0.3, -0.25) is 4.90 Å². The molecule has 0 bridgehead atoms. The van der Waals surface area contributed by atoms with Gasteiger partial charge in [0.15, 0.2) is 11.5 Å². The summed E-state index contributed by atoms with van der Waals surface area (Å²) in [5.41, 5.74) is 2.07. The SMILES string of the molecule is O=C(NCc1ccc2c(c1)OCO2)NC1CCN(Cc2ccc(F)cc2)CC1. The van der Waals surface area contributed by atoms with Crippen LogP contribution in [0.5, 0.6) is 11.5 Å². The van der Waals surface area contributed by atoms with Crippen molar-refractivity contribution < 1.29 is 18.7 Å². The van der Waals surface area contributed by atoms with Gasteiger partial charge in [0.2, 0.25) is 6.79 Å². The Morgan fingerprint density at radius 1 is 1.04 bits per heavy atom. The molecule has 1 saturated heterocycles. The summed E-state index contributed by atoms with van der Waals surface area (Å²) in [6.07, 6.45) is 1.80. The van der Waals surface area contributed by atoms with E-state index in [0.717, 1.165) is 49.4 Å². The normalized spacial score (nSPS) is 16.8. The molecule has 4 rings (SSSR count). The summed E-state index contributed by atoms with van der Waals surface area (Å²) in [5, 5.41) is 5.95. The summed E-state index contributed by atoms with van der Waals surface area (Å²) >= 11 is 0. The fraction of sp³-hybridized carbons (Fsp3) is 0.381. The molecular weight excluding hydrogens is 361 g/mol. The fourth-order valence-electron chi connectivity index (χ4n) is 3.55. The molecule has 2 aliphatic rings.